The Morgan fingerprint density at radius 1 is 1.47 bits per heavy atom. The first-order chi connectivity index (χ1) is 8.51. The largest absolute Gasteiger partial charge is 0.392 e. The molecule has 0 saturated heterocycles. The maximum absolute atomic E-state index is 12.0. The van der Waals surface area contributed by atoms with Crippen LogP contribution in [0.4, 0.5) is 0 Å². The van der Waals surface area contributed by atoms with Crippen molar-refractivity contribution in [2.45, 2.75) is 45.2 Å². The first-order valence-electron chi connectivity index (χ1n) is 6.19. The summed E-state index contributed by atoms with van der Waals surface area (Å²) in [4.78, 5) is 3.97. The van der Waals surface area contributed by atoms with Crippen LogP contribution in [0.2, 0.25) is 0 Å². The van der Waals surface area contributed by atoms with Gasteiger partial charge in [0.15, 0.2) is 5.03 Å². The average molecular weight is 289 g/mol. The molecule has 0 radical (unpaired) electrons. The normalized spacial score (nSPS) is 14.6. The van der Waals surface area contributed by atoms with Gasteiger partial charge in [-0.15, -0.1) is 0 Å². The molecule has 7 heteroatoms. The summed E-state index contributed by atoms with van der Waals surface area (Å²) in [6, 6.07) is 0. The van der Waals surface area contributed by atoms with E-state index in [1.165, 1.54) is 6.20 Å². The Bertz CT molecular complexity index is 509. The number of aliphatic hydroxyl groups is 1. The van der Waals surface area contributed by atoms with E-state index < -0.39 is 16.1 Å². The molecule has 0 saturated carbocycles. The lowest BCUT2D eigenvalue weighted by atomic mass is 9.89. The Balaban J connectivity index is 2.66. The van der Waals surface area contributed by atoms with E-state index in [1.807, 2.05) is 20.8 Å². The molecule has 0 spiro atoms. The van der Waals surface area contributed by atoms with Crippen LogP contribution in [0.3, 0.4) is 0 Å². The molecule has 1 aromatic heterocycles. The van der Waals surface area contributed by atoms with Gasteiger partial charge in [0.2, 0.25) is 0 Å². The summed E-state index contributed by atoms with van der Waals surface area (Å²) in [5.74, 6) is 0.621. The second-order valence-electron chi connectivity index (χ2n) is 6.01. The van der Waals surface area contributed by atoms with E-state index in [0.717, 1.165) is 0 Å². The molecule has 1 unspecified atom stereocenters. The Labute approximate surface area is 114 Å². The summed E-state index contributed by atoms with van der Waals surface area (Å²) in [6.45, 7) is 7.70. The van der Waals surface area contributed by atoms with Gasteiger partial charge in [0.05, 0.1) is 6.10 Å². The van der Waals surface area contributed by atoms with Crippen molar-refractivity contribution in [3.05, 3.63) is 12.0 Å². The minimum Gasteiger partial charge on any atom is -0.392 e. The highest BCUT2D eigenvalue weighted by Crippen LogP contribution is 2.20. The fourth-order valence-corrected chi connectivity index (χ4v) is 2.82. The lowest BCUT2D eigenvalue weighted by molar-refractivity contribution is 0.125. The van der Waals surface area contributed by atoms with Crippen LogP contribution in [0.25, 0.3) is 0 Å². The monoisotopic (exact) mass is 289 g/mol. The molecule has 2 N–H and O–H groups in total. The summed E-state index contributed by atoms with van der Waals surface area (Å²) in [6.07, 6.45) is 1.27. The van der Waals surface area contributed by atoms with Crippen LogP contribution >= 0.6 is 0 Å². The Morgan fingerprint density at radius 3 is 2.47 bits per heavy atom. The molecule has 0 fully saturated rings. The van der Waals surface area contributed by atoms with E-state index >= 15 is 0 Å². The van der Waals surface area contributed by atoms with E-state index in [1.54, 1.807) is 18.5 Å². The SMILES string of the molecule is Cc1nc(S(=O)(=O)NCC(O)CC(C)(C)C)cn1C. The van der Waals surface area contributed by atoms with Crippen molar-refractivity contribution in [3.63, 3.8) is 0 Å². The van der Waals surface area contributed by atoms with Gasteiger partial charge in [0, 0.05) is 19.8 Å². The molecular formula is C12H23N3O3S. The molecule has 19 heavy (non-hydrogen) atoms. The predicted octanol–water partition coefficient (Wildman–Crippen LogP) is 0.804. The average Bonchev–Trinajstić information content (AvgIpc) is 2.55. The van der Waals surface area contributed by atoms with Gasteiger partial charge in [0.25, 0.3) is 10.0 Å². The molecule has 1 rings (SSSR count). The zero-order chi connectivity index (χ0) is 14.8. The number of aliphatic hydroxyl groups excluding tert-OH is 1. The summed E-state index contributed by atoms with van der Waals surface area (Å²) < 4.78 is 28.0. The number of imidazole rings is 1. The van der Waals surface area contributed by atoms with E-state index in [0.29, 0.717) is 12.2 Å². The van der Waals surface area contributed by atoms with Crippen LogP contribution in [-0.4, -0.2) is 35.7 Å². The third-order valence-corrected chi connectivity index (χ3v) is 4.01. The third kappa shape index (κ3) is 4.93. The van der Waals surface area contributed by atoms with E-state index in [2.05, 4.69) is 9.71 Å². The Hall–Kier alpha value is -0.920. The molecule has 0 aromatic carbocycles. The quantitative estimate of drug-likeness (QED) is 0.840. The second kappa shape index (κ2) is 5.60. The predicted molar refractivity (Wildman–Crippen MR) is 73.2 cm³/mol. The van der Waals surface area contributed by atoms with Crippen LogP contribution in [0.15, 0.2) is 11.2 Å². The molecule has 6 nitrogen and oxygen atoms in total. The molecule has 1 atom stereocenters. The number of sulfonamides is 1. The fourth-order valence-electron chi connectivity index (χ4n) is 1.71. The van der Waals surface area contributed by atoms with Crippen LogP contribution in [-0.2, 0) is 17.1 Å². The Kier molecular flexibility index (Phi) is 4.76. The van der Waals surface area contributed by atoms with Crippen molar-refractivity contribution in [2.24, 2.45) is 12.5 Å². The first kappa shape index (κ1) is 16.1. The van der Waals surface area contributed by atoms with Crippen LogP contribution in [0.1, 0.15) is 33.0 Å². The van der Waals surface area contributed by atoms with Crippen molar-refractivity contribution in [2.75, 3.05) is 6.54 Å². The lowest BCUT2D eigenvalue weighted by Gasteiger charge is -2.22. The molecule has 1 aromatic rings. The number of aryl methyl sites for hydroxylation is 2. The van der Waals surface area contributed by atoms with Gasteiger partial charge in [-0.05, 0) is 18.8 Å². The standard InChI is InChI=1S/C12H23N3O3S/c1-9-14-11(8-15(9)5)19(17,18)13-7-10(16)6-12(2,3)4/h8,10,13,16H,6-7H2,1-5H3. The van der Waals surface area contributed by atoms with E-state index in [9.17, 15) is 13.5 Å². The van der Waals surface area contributed by atoms with Crippen LogP contribution in [0.5, 0.6) is 0 Å². The van der Waals surface area contributed by atoms with Gasteiger partial charge in [-0.2, -0.15) is 0 Å². The van der Waals surface area contributed by atoms with Gasteiger partial charge < -0.3 is 9.67 Å². The minimum atomic E-state index is -3.65. The molecule has 0 aliphatic rings. The summed E-state index contributed by atoms with van der Waals surface area (Å²) in [5.41, 5.74) is -0.0492. The molecule has 0 bridgehead atoms. The van der Waals surface area contributed by atoms with E-state index in [4.69, 9.17) is 0 Å². The summed E-state index contributed by atoms with van der Waals surface area (Å²) in [7, 11) is -1.92. The van der Waals surface area contributed by atoms with Crippen LogP contribution in [0, 0.1) is 12.3 Å². The van der Waals surface area contributed by atoms with Crippen LogP contribution < -0.4 is 4.72 Å². The first-order valence-corrected chi connectivity index (χ1v) is 7.67. The van der Waals surface area contributed by atoms with Crippen molar-refractivity contribution in [1.29, 1.82) is 0 Å². The van der Waals surface area contributed by atoms with Crippen molar-refractivity contribution in [3.8, 4) is 0 Å². The highest BCUT2D eigenvalue weighted by molar-refractivity contribution is 7.89. The van der Waals surface area contributed by atoms with Gasteiger partial charge in [-0.3, -0.25) is 0 Å². The molecule has 1 heterocycles. The molecule has 0 aliphatic heterocycles. The third-order valence-electron chi connectivity index (χ3n) is 2.72. The van der Waals surface area contributed by atoms with Gasteiger partial charge in [-0.1, -0.05) is 20.8 Å². The van der Waals surface area contributed by atoms with Gasteiger partial charge >= 0.3 is 0 Å². The van der Waals surface area contributed by atoms with E-state index in [-0.39, 0.29) is 17.0 Å². The maximum atomic E-state index is 12.0. The lowest BCUT2D eigenvalue weighted by Crippen LogP contribution is -2.34. The van der Waals surface area contributed by atoms with Gasteiger partial charge in [0.1, 0.15) is 5.82 Å². The molecule has 110 valence electrons. The Morgan fingerprint density at radius 2 is 2.05 bits per heavy atom. The highest BCUT2D eigenvalue weighted by Gasteiger charge is 2.22. The summed E-state index contributed by atoms with van der Waals surface area (Å²) in [5, 5.41) is 9.78. The topological polar surface area (TPSA) is 84.2 Å². The minimum absolute atomic E-state index is 0.00474. The molecule has 0 amide bonds. The summed E-state index contributed by atoms with van der Waals surface area (Å²) >= 11 is 0. The van der Waals surface area contributed by atoms with Gasteiger partial charge in [-0.25, -0.2) is 18.1 Å². The zero-order valence-corrected chi connectivity index (χ0v) is 13.0. The maximum Gasteiger partial charge on any atom is 0.259 e. The zero-order valence-electron chi connectivity index (χ0n) is 12.1. The number of rotatable bonds is 5. The number of hydrogen-bond donors (Lipinski definition) is 2. The fraction of sp³-hybridized carbons (Fsp3) is 0.750. The number of hydrogen-bond acceptors (Lipinski definition) is 4. The number of aromatic nitrogens is 2. The molecular weight excluding hydrogens is 266 g/mol. The number of nitrogens with zero attached hydrogens (tertiary/aromatic N) is 2. The second-order valence-corrected chi connectivity index (χ2v) is 7.72. The van der Waals surface area contributed by atoms with Crippen molar-refractivity contribution in [1.82, 2.24) is 14.3 Å². The smallest absolute Gasteiger partial charge is 0.259 e. The van der Waals surface area contributed by atoms with Crippen molar-refractivity contribution >= 4 is 10.0 Å². The highest BCUT2D eigenvalue weighted by atomic mass is 32.2. The molecule has 0 aliphatic carbocycles. The van der Waals surface area contributed by atoms with Crippen molar-refractivity contribution < 1.29 is 13.5 Å². The number of nitrogens with one attached hydrogen (secondary N) is 1.